The van der Waals surface area contributed by atoms with Gasteiger partial charge in [0, 0.05) is 22.9 Å². The van der Waals surface area contributed by atoms with E-state index in [2.05, 4.69) is 186 Å². The molecule has 7 aromatic carbocycles. The number of benzene rings is 7. The van der Waals surface area contributed by atoms with Crippen molar-refractivity contribution >= 4 is 17.2 Å². The summed E-state index contributed by atoms with van der Waals surface area (Å²) < 4.78 is 0. The summed E-state index contributed by atoms with van der Waals surface area (Å²) in [4.78, 5) is 12.3. The molecule has 0 spiro atoms. The number of hydrogen-bond acceptors (Lipinski definition) is 3. The lowest BCUT2D eigenvalue weighted by Gasteiger charge is -2.29. The highest BCUT2D eigenvalue weighted by Gasteiger charge is 2.25. The molecule has 0 aliphatic heterocycles. The Hall–Kier alpha value is -6.58. The van der Waals surface area contributed by atoms with Gasteiger partial charge in [0.2, 0.25) is 0 Å². The molecular weight excluding hydrogens is 679 g/mol. The highest BCUT2D eigenvalue weighted by atomic mass is 15.2. The predicted octanol–water partition coefficient (Wildman–Crippen LogP) is 14.0. The van der Waals surface area contributed by atoms with Crippen molar-refractivity contribution in [2.75, 3.05) is 4.90 Å². The summed E-state index contributed by atoms with van der Waals surface area (Å²) in [6, 6.07) is 56.7. The molecule has 0 unspecified atom stereocenters. The van der Waals surface area contributed by atoms with E-state index in [-0.39, 0.29) is 5.92 Å². The average Bonchev–Trinajstić information content (AvgIpc) is 3.21. The van der Waals surface area contributed by atoms with Crippen LogP contribution in [0.4, 0.5) is 17.2 Å². The third-order valence-corrected chi connectivity index (χ3v) is 10.9. The van der Waals surface area contributed by atoms with Crippen molar-refractivity contribution in [2.24, 2.45) is 0 Å². The van der Waals surface area contributed by atoms with Gasteiger partial charge in [0.15, 0.2) is 5.82 Å². The summed E-state index contributed by atoms with van der Waals surface area (Å²) in [6.07, 6.45) is 3.78. The Balaban J connectivity index is 1.31. The highest BCUT2D eigenvalue weighted by Crippen LogP contribution is 2.43. The molecule has 0 saturated carbocycles. The zero-order valence-corrected chi connectivity index (χ0v) is 33.1. The molecule has 274 valence electrons. The van der Waals surface area contributed by atoms with Gasteiger partial charge in [-0.3, -0.25) is 9.88 Å². The molecule has 0 bridgehead atoms. The molecule has 0 aliphatic carbocycles. The van der Waals surface area contributed by atoms with Gasteiger partial charge in [0.05, 0.1) is 18.1 Å². The minimum Gasteiger partial charge on any atom is -0.294 e. The lowest BCUT2D eigenvalue weighted by atomic mass is 9.77. The first-order valence-electron chi connectivity index (χ1n) is 19.4. The largest absolute Gasteiger partial charge is 0.294 e. The van der Waals surface area contributed by atoms with Crippen LogP contribution in [0.1, 0.15) is 56.0 Å². The Morgan fingerprint density at radius 3 is 1.27 bits per heavy atom. The van der Waals surface area contributed by atoms with Crippen LogP contribution in [0, 0.1) is 41.5 Å². The first-order valence-corrected chi connectivity index (χ1v) is 19.4. The van der Waals surface area contributed by atoms with Crippen molar-refractivity contribution in [2.45, 2.75) is 47.5 Å². The Morgan fingerprint density at radius 2 is 0.839 bits per heavy atom. The molecule has 1 heterocycles. The Labute approximate surface area is 332 Å². The van der Waals surface area contributed by atoms with Crippen LogP contribution in [-0.2, 0) is 0 Å². The molecule has 0 aliphatic rings. The number of aryl methyl sites for hydroxylation is 6. The van der Waals surface area contributed by atoms with Crippen LogP contribution in [0.5, 0.6) is 0 Å². The fraction of sp³-hybridized carbons (Fsp3) is 0.132. The third kappa shape index (κ3) is 7.41. The van der Waals surface area contributed by atoms with E-state index in [1.54, 1.807) is 0 Å². The maximum atomic E-state index is 5.09. The van der Waals surface area contributed by atoms with Gasteiger partial charge in [-0.1, -0.05) is 139 Å². The smallest absolute Gasteiger partial charge is 0.156 e. The second-order valence-electron chi connectivity index (χ2n) is 15.1. The van der Waals surface area contributed by atoms with Gasteiger partial charge in [0.1, 0.15) is 0 Å². The third-order valence-electron chi connectivity index (χ3n) is 10.9. The minimum atomic E-state index is 0.0785. The molecule has 0 radical (unpaired) electrons. The van der Waals surface area contributed by atoms with E-state index in [9.17, 15) is 0 Å². The number of anilines is 3. The van der Waals surface area contributed by atoms with Crippen LogP contribution in [0.25, 0.3) is 33.5 Å². The Bertz CT molecular complexity index is 2450. The summed E-state index contributed by atoms with van der Waals surface area (Å²) in [7, 11) is 0. The van der Waals surface area contributed by atoms with Gasteiger partial charge >= 0.3 is 0 Å². The molecular formula is C53H47N3. The van der Waals surface area contributed by atoms with Gasteiger partial charge in [-0.2, -0.15) is 0 Å². The van der Waals surface area contributed by atoms with Crippen molar-refractivity contribution in [3.05, 3.63) is 220 Å². The van der Waals surface area contributed by atoms with E-state index < -0.39 is 0 Å². The quantitative estimate of drug-likeness (QED) is 0.139. The number of rotatable bonds is 9. The topological polar surface area (TPSA) is 29.0 Å². The van der Waals surface area contributed by atoms with Crippen molar-refractivity contribution < 1.29 is 0 Å². The van der Waals surface area contributed by atoms with Gasteiger partial charge < -0.3 is 0 Å². The van der Waals surface area contributed by atoms with Crippen LogP contribution in [0.3, 0.4) is 0 Å². The van der Waals surface area contributed by atoms with Crippen molar-refractivity contribution in [1.82, 2.24) is 9.97 Å². The normalized spacial score (nSPS) is 11.2. The second kappa shape index (κ2) is 15.6. The maximum absolute atomic E-state index is 5.09. The monoisotopic (exact) mass is 725 g/mol. The van der Waals surface area contributed by atoms with E-state index in [0.29, 0.717) is 0 Å². The highest BCUT2D eigenvalue weighted by molar-refractivity contribution is 5.84. The summed E-state index contributed by atoms with van der Waals surface area (Å²) in [5, 5.41) is 0. The minimum absolute atomic E-state index is 0.0785. The zero-order chi connectivity index (χ0) is 38.8. The second-order valence-corrected chi connectivity index (χ2v) is 15.1. The Kier molecular flexibility index (Phi) is 10.2. The number of nitrogens with zero attached hydrogens (tertiary/aromatic N) is 3. The molecule has 1 aromatic heterocycles. The SMILES string of the molecule is Cc1cc(C)c(C(c2ccc(N(c3cc(-c4ccccc4)cc(-c4ccccc4)c3)c3cnc(-c4ccccc4)cn3)cc2)c2c(C)cc(C)cc2C)c(C)c1. The summed E-state index contributed by atoms with van der Waals surface area (Å²) in [6.45, 7) is 13.4. The molecule has 0 saturated heterocycles. The van der Waals surface area contributed by atoms with E-state index in [0.717, 1.165) is 50.7 Å². The summed E-state index contributed by atoms with van der Waals surface area (Å²) in [5.74, 6) is 0.823. The fourth-order valence-electron chi connectivity index (χ4n) is 8.53. The standard InChI is InChI=1S/C53H47N3/c1-35-26-37(3)51(38(4)27-35)53(52-39(5)28-36(2)29-40(52)6)44-22-24-47(25-23-44)56(50-34-54-49(33-55-50)43-20-14-9-15-21-43)48-31-45(41-16-10-7-11-17-41)30-46(32-48)42-18-12-8-13-19-42/h7-34,53H,1-6H3. The summed E-state index contributed by atoms with van der Waals surface area (Å²) >= 11 is 0. The van der Waals surface area contributed by atoms with Crippen molar-refractivity contribution in [3.63, 3.8) is 0 Å². The zero-order valence-electron chi connectivity index (χ0n) is 33.1. The maximum Gasteiger partial charge on any atom is 0.156 e. The van der Waals surface area contributed by atoms with Crippen LogP contribution in [-0.4, -0.2) is 9.97 Å². The molecule has 3 nitrogen and oxygen atoms in total. The molecule has 3 heteroatoms. The van der Waals surface area contributed by atoms with Gasteiger partial charge in [-0.15, -0.1) is 0 Å². The van der Waals surface area contributed by atoms with E-state index in [1.165, 1.54) is 50.1 Å². The van der Waals surface area contributed by atoms with Crippen LogP contribution in [0.15, 0.2) is 170 Å². The van der Waals surface area contributed by atoms with Crippen molar-refractivity contribution in [3.8, 4) is 33.5 Å². The van der Waals surface area contributed by atoms with Crippen LogP contribution >= 0.6 is 0 Å². The van der Waals surface area contributed by atoms with Crippen LogP contribution in [0.2, 0.25) is 0 Å². The number of aromatic nitrogens is 2. The van der Waals surface area contributed by atoms with Gasteiger partial charge in [-0.05, 0) is 133 Å². The van der Waals surface area contributed by atoms with Gasteiger partial charge in [-0.25, -0.2) is 4.98 Å². The van der Waals surface area contributed by atoms with E-state index in [1.807, 2.05) is 30.6 Å². The first kappa shape index (κ1) is 36.4. The molecule has 0 fully saturated rings. The van der Waals surface area contributed by atoms with Crippen LogP contribution < -0.4 is 4.90 Å². The van der Waals surface area contributed by atoms with Gasteiger partial charge in [0.25, 0.3) is 0 Å². The molecule has 8 rings (SSSR count). The molecule has 0 N–H and O–H groups in total. The predicted molar refractivity (Wildman–Crippen MR) is 235 cm³/mol. The first-order chi connectivity index (χ1) is 27.2. The average molecular weight is 726 g/mol. The molecule has 56 heavy (non-hydrogen) atoms. The summed E-state index contributed by atoms with van der Waals surface area (Å²) in [5.41, 5.74) is 20.3. The molecule has 0 atom stereocenters. The van der Waals surface area contributed by atoms with E-state index >= 15 is 0 Å². The molecule has 0 amide bonds. The lowest BCUT2D eigenvalue weighted by Crippen LogP contribution is -2.14. The lowest BCUT2D eigenvalue weighted by molar-refractivity contribution is 0.919. The van der Waals surface area contributed by atoms with Crippen molar-refractivity contribution in [1.29, 1.82) is 0 Å². The van der Waals surface area contributed by atoms with E-state index in [4.69, 9.17) is 9.97 Å². The number of hydrogen-bond donors (Lipinski definition) is 0. The Morgan fingerprint density at radius 1 is 0.393 bits per heavy atom. The fourth-order valence-corrected chi connectivity index (χ4v) is 8.53. The molecule has 8 aromatic rings.